The van der Waals surface area contributed by atoms with Crippen molar-refractivity contribution in [2.75, 3.05) is 7.11 Å². The molecular formula is C14H13N3O5. The van der Waals surface area contributed by atoms with E-state index in [4.69, 9.17) is 15.0 Å². The summed E-state index contributed by atoms with van der Waals surface area (Å²) in [5.74, 6) is 5.50. The number of hydrazine groups is 1. The van der Waals surface area contributed by atoms with Crippen LogP contribution < -0.4 is 16.0 Å². The van der Waals surface area contributed by atoms with Gasteiger partial charge in [-0.15, -0.1) is 0 Å². The molecule has 0 fully saturated rings. The summed E-state index contributed by atoms with van der Waals surface area (Å²) in [5.41, 5.74) is 2.12. The monoisotopic (exact) mass is 303 g/mol. The number of carbonyl (C=O) groups is 1. The number of hydrogen-bond donors (Lipinski definition) is 2. The van der Waals surface area contributed by atoms with Gasteiger partial charge in [0, 0.05) is 6.08 Å². The molecule has 114 valence electrons. The molecule has 0 aliphatic rings. The molecule has 8 nitrogen and oxygen atoms in total. The van der Waals surface area contributed by atoms with Gasteiger partial charge < -0.3 is 9.15 Å². The fraction of sp³-hybridized carbons (Fsp3) is 0.0714. The average molecular weight is 303 g/mol. The van der Waals surface area contributed by atoms with E-state index in [1.165, 1.54) is 31.4 Å². The Hall–Kier alpha value is -3.13. The number of ether oxygens (including phenoxy) is 1. The first kappa shape index (κ1) is 15.3. The largest absolute Gasteiger partial charge is 0.497 e. The Bertz CT molecular complexity index is 736. The highest BCUT2D eigenvalue weighted by Crippen LogP contribution is 2.34. The molecule has 0 spiro atoms. The van der Waals surface area contributed by atoms with Crippen LogP contribution in [0.25, 0.3) is 17.4 Å². The Balaban J connectivity index is 2.36. The van der Waals surface area contributed by atoms with E-state index in [0.29, 0.717) is 22.8 Å². The maximum absolute atomic E-state index is 11.2. The molecule has 1 heterocycles. The quantitative estimate of drug-likeness (QED) is 0.286. The van der Waals surface area contributed by atoms with Crippen LogP contribution in [0.4, 0.5) is 5.69 Å². The van der Waals surface area contributed by atoms with Crippen molar-refractivity contribution in [2.24, 2.45) is 5.84 Å². The van der Waals surface area contributed by atoms with Crippen LogP contribution >= 0.6 is 0 Å². The van der Waals surface area contributed by atoms with Gasteiger partial charge >= 0.3 is 0 Å². The van der Waals surface area contributed by atoms with Crippen LogP contribution in [-0.4, -0.2) is 17.9 Å². The Morgan fingerprint density at radius 2 is 2.18 bits per heavy atom. The fourth-order valence-corrected chi connectivity index (χ4v) is 1.79. The second-order valence-electron chi connectivity index (χ2n) is 4.18. The molecular weight excluding hydrogens is 290 g/mol. The van der Waals surface area contributed by atoms with Gasteiger partial charge in [-0.25, -0.2) is 5.84 Å². The molecule has 3 N–H and O–H groups in total. The SMILES string of the molecule is COc1ccc(-c2ccc(/C=C/C(=O)NN)o2)c([N+](=O)[O-])c1. The molecule has 1 aromatic carbocycles. The first-order chi connectivity index (χ1) is 10.5. The number of hydrogen-bond acceptors (Lipinski definition) is 6. The van der Waals surface area contributed by atoms with Crippen molar-refractivity contribution < 1.29 is 18.9 Å². The Kier molecular flexibility index (Phi) is 4.54. The summed E-state index contributed by atoms with van der Waals surface area (Å²) >= 11 is 0. The van der Waals surface area contributed by atoms with Crippen LogP contribution in [-0.2, 0) is 4.79 Å². The molecule has 0 bridgehead atoms. The third-order valence-electron chi connectivity index (χ3n) is 2.84. The van der Waals surface area contributed by atoms with E-state index in [1.54, 1.807) is 18.2 Å². The number of rotatable bonds is 5. The summed E-state index contributed by atoms with van der Waals surface area (Å²) in [6, 6.07) is 7.62. The minimum Gasteiger partial charge on any atom is -0.497 e. The molecule has 1 aromatic heterocycles. The molecule has 1 amide bonds. The number of furan rings is 1. The van der Waals surface area contributed by atoms with E-state index in [-0.39, 0.29) is 5.69 Å². The van der Waals surface area contributed by atoms with E-state index < -0.39 is 10.8 Å². The van der Waals surface area contributed by atoms with Gasteiger partial charge in [0.05, 0.1) is 23.7 Å². The van der Waals surface area contributed by atoms with Crippen LogP contribution in [0.3, 0.4) is 0 Å². The van der Waals surface area contributed by atoms with Gasteiger partial charge in [-0.1, -0.05) is 0 Å². The molecule has 0 unspecified atom stereocenters. The number of nitro benzene ring substituents is 1. The predicted molar refractivity (Wildman–Crippen MR) is 78.7 cm³/mol. The Morgan fingerprint density at radius 3 is 2.82 bits per heavy atom. The van der Waals surface area contributed by atoms with Crippen LogP contribution in [0.1, 0.15) is 5.76 Å². The molecule has 0 aliphatic carbocycles. The number of amides is 1. The number of nitro groups is 1. The smallest absolute Gasteiger partial charge is 0.284 e. The molecule has 0 saturated heterocycles. The van der Waals surface area contributed by atoms with E-state index >= 15 is 0 Å². The number of methoxy groups -OCH3 is 1. The first-order valence-electron chi connectivity index (χ1n) is 6.16. The maximum atomic E-state index is 11.2. The first-order valence-corrected chi connectivity index (χ1v) is 6.16. The zero-order chi connectivity index (χ0) is 16.1. The van der Waals surface area contributed by atoms with Crippen LogP contribution in [0.2, 0.25) is 0 Å². The molecule has 0 radical (unpaired) electrons. The highest BCUT2D eigenvalue weighted by molar-refractivity contribution is 5.91. The highest BCUT2D eigenvalue weighted by Gasteiger charge is 2.19. The minimum atomic E-state index is -0.516. The molecule has 0 saturated carbocycles. The van der Waals surface area contributed by atoms with Crippen LogP contribution in [0, 0.1) is 10.1 Å². The van der Waals surface area contributed by atoms with E-state index in [1.807, 2.05) is 5.43 Å². The summed E-state index contributed by atoms with van der Waals surface area (Å²) in [6.07, 6.45) is 2.59. The lowest BCUT2D eigenvalue weighted by Crippen LogP contribution is -2.27. The van der Waals surface area contributed by atoms with Crippen molar-refractivity contribution in [3.63, 3.8) is 0 Å². The summed E-state index contributed by atoms with van der Waals surface area (Å²) in [5, 5.41) is 11.2. The predicted octanol–water partition coefficient (Wildman–Crippen LogP) is 1.87. The zero-order valence-electron chi connectivity index (χ0n) is 11.6. The summed E-state index contributed by atoms with van der Waals surface area (Å²) in [4.78, 5) is 21.6. The normalized spacial score (nSPS) is 10.6. The lowest BCUT2D eigenvalue weighted by atomic mass is 10.1. The van der Waals surface area contributed by atoms with Crippen molar-refractivity contribution in [2.45, 2.75) is 0 Å². The highest BCUT2D eigenvalue weighted by atomic mass is 16.6. The third kappa shape index (κ3) is 3.30. The van der Waals surface area contributed by atoms with Crippen molar-refractivity contribution in [3.05, 3.63) is 52.3 Å². The standard InChI is InChI=1S/C14H13N3O5/c1-21-10-2-5-11(12(8-10)17(19)20)13-6-3-9(22-13)4-7-14(18)16-15/h2-8H,15H2,1H3,(H,16,18)/b7-4+. The number of nitrogens with one attached hydrogen (secondary N) is 1. The van der Waals surface area contributed by atoms with E-state index in [2.05, 4.69) is 0 Å². The van der Waals surface area contributed by atoms with Crippen molar-refractivity contribution >= 4 is 17.7 Å². The summed E-state index contributed by atoms with van der Waals surface area (Å²) in [6.45, 7) is 0. The number of nitrogens with zero attached hydrogens (tertiary/aromatic N) is 1. The Labute approximate surface area is 125 Å². The topological polar surface area (TPSA) is 121 Å². The molecule has 0 aliphatic heterocycles. The lowest BCUT2D eigenvalue weighted by molar-refractivity contribution is -0.384. The molecule has 22 heavy (non-hydrogen) atoms. The van der Waals surface area contributed by atoms with Gasteiger partial charge in [0.25, 0.3) is 11.6 Å². The van der Waals surface area contributed by atoms with Crippen molar-refractivity contribution in [1.82, 2.24) is 5.43 Å². The van der Waals surface area contributed by atoms with Gasteiger partial charge in [-0.3, -0.25) is 20.3 Å². The van der Waals surface area contributed by atoms with Gasteiger partial charge in [-0.05, 0) is 30.3 Å². The number of carbonyl (C=O) groups excluding carboxylic acids is 1. The number of nitrogens with two attached hydrogens (primary N) is 1. The van der Waals surface area contributed by atoms with Crippen LogP contribution in [0.5, 0.6) is 5.75 Å². The molecule has 8 heteroatoms. The minimum absolute atomic E-state index is 0.135. The van der Waals surface area contributed by atoms with Gasteiger partial charge in [-0.2, -0.15) is 0 Å². The molecule has 2 aromatic rings. The second kappa shape index (κ2) is 6.55. The zero-order valence-corrected chi connectivity index (χ0v) is 11.6. The fourth-order valence-electron chi connectivity index (χ4n) is 1.79. The molecule has 2 rings (SSSR count). The van der Waals surface area contributed by atoms with Crippen LogP contribution in [0.15, 0.2) is 40.8 Å². The van der Waals surface area contributed by atoms with Crippen molar-refractivity contribution in [1.29, 1.82) is 0 Å². The second-order valence-corrected chi connectivity index (χ2v) is 4.18. The number of benzene rings is 1. The maximum Gasteiger partial charge on any atom is 0.284 e. The summed E-state index contributed by atoms with van der Waals surface area (Å²) in [7, 11) is 1.43. The summed E-state index contributed by atoms with van der Waals surface area (Å²) < 4.78 is 10.5. The molecule has 0 atom stereocenters. The van der Waals surface area contributed by atoms with Gasteiger partial charge in [0.1, 0.15) is 17.3 Å². The lowest BCUT2D eigenvalue weighted by Gasteiger charge is -2.03. The Morgan fingerprint density at radius 1 is 1.41 bits per heavy atom. The third-order valence-corrected chi connectivity index (χ3v) is 2.84. The van der Waals surface area contributed by atoms with Crippen molar-refractivity contribution in [3.8, 4) is 17.1 Å². The van der Waals surface area contributed by atoms with Gasteiger partial charge in [0.2, 0.25) is 0 Å². The van der Waals surface area contributed by atoms with Gasteiger partial charge in [0.15, 0.2) is 0 Å². The van der Waals surface area contributed by atoms with E-state index in [9.17, 15) is 14.9 Å². The average Bonchev–Trinajstić information content (AvgIpc) is 3.00. The van der Waals surface area contributed by atoms with E-state index in [0.717, 1.165) is 0 Å².